The molecule has 0 radical (unpaired) electrons. The summed E-state index contributed by atoms with van der Waals surface area (Å²) in [5, 5.41) is 12.1. The van der Waals surface area contributed by atoms with E-state index in [1.807, 2.05) is 26.0 Å². The van der Waals surface area contributed by atoms with Gasteiger partial charge in [-0.15, -0.1) is 0 Å². The molecule has 0 aromatic rings. The molecule has 0 spiro atoms. The fourth-order valence-corrected chi connectivity index (χ4v) is 3.24. The summed E-state index contributed by atoms with van der Waals surface area (Å²) in [4.78, 5) is 23.5. The number of carbonyl (C=O) groups is 2. The largest absolute Gasteiger partial charge is 0.481 e. The molecule has 0 saturated heterocycles. The Labute approximate surface area is 119 Å². The van der Waals surface area contributed by atoms with Gasteiger partial charge in [-0.3, -0.25) is 9.59 Å². The lowest BCUT2D eigenvalue weighted by atomic mass is 9.82. The predicted molar refractivity (Wildman–Crippen MR) is 74.1 cm³/mol. The average molecular weight is 281 g/mol. The van der Waals surface area contributed by atoms with Crippen LogP contribution in [0.3, 0.4) is 0 Å². The summed E-state index contributed by atoms with van der Waals surface area (Å²) >= 11 is 0. The van der Waals surface area contributed by atoms with Crippen LogP contribution in [-0.4, -0.2) is 36.2 Å². The number of hydrogen-bond acceptors (Lipinski definition) is 3. The molecule has 2 N–H and O–H groups in total. The van der Waals surface area contributed by atoms with E-state index in [1.165, 1.54) is 0 Å². The van der Waals surface area contributed by atoms with Crippen molar-refractivity contribution < 1.29 is 19.4 Å². The van der Waals surface area contributed by atoms with Gasteiger partial charge in [-0.05, 0) is 38.5 Å². The summed E-state index contributed by atoms with van der Waals surface area (Å²) in [7, 11) is 0. The number of allylic oxidation sites excluding steroid dienone is 2. The second kappa shape index (κ2) is 6.39. The first-order valence-corrected chi connectivity index (χ1v) is 7.31. The summed E-state index contributed by atoms with van der Waals surface area (Å²) in [5.74, 6) is -1.83. The van der Waals surface area contributed by atoms with Crippen molar-refractivity contribution in [3.05, 3.63) is 12.2 Å². The Morgan fingerprint density at radius 2 is 1.95 bits per heavy atom. The third-order valence-corrected chi connectivity index (χ3v) is 4.12. The maximum absolute atomic E-state index is 12.2. The van der Waals surface area contributed by atoms with Gasteiger partial charge in [-0.1, -0.05) is 12.2 Å². The molecule has 4 unspecified atom stereocenters. The second-order valence-electron chi connectivity index (χ2n) is 5.90. The maximum Gasteiger partial charge on any atom is 0.307 e. The van der Waals surface area contributed by atoms with Crippen molar-refractivity contribution in [3.63, 3.8) is 0 Å². The number of carboxylic acids is 1. The average Bonchev–Trinajstić information content (AvgIpc) is 2.97. The van der Waals surface area contributed by atoms with E-state index >= 15 is 0 Å². The van der Waals surface area contributed by atoms with Crippen molar-refractivity contribution >= 4 is 11.9 Å². The van der Waals surface area contributed by atoms with Gasteiger partial charge in [0.15, 0.2) is 0 Å². The predicted octanol–water partition coefficient (Wildman–Crippen LogP) is 1.44. The zero-order valence-electron chi connectivity index (χ0n) is 12.0. The summed E-state index contributed by atoms with van der Waals surface area (Å²) in [6.45, 7) is 5.09. The van der Waals surface area contributed by atoms with Gasteiger partial charge in [0.1, 0.15) is 0 Å². The molecular weight excluding hydrogens is 258 g/mol. The summed E-state index contributed by atoms with van der Waals surface area (Å²) in [6, 6.07) is 0. The number of hydrogen-bond donors (Lipinski definition) is 2. The molecule has 1 saturated carbocycles. The highest BCUT2D eigenvalue weighted by atomic mass is 16.5. The van der Waals surface area contributed by atoms with Gasteiger partial charge in [0.05, 0.1) is 17.9 Å². The maximum atomic E-state index is 12.2. The van der Waals surface area contributed by atoms with Crippen LogP contribution in [0.2, 0.25) is 0 Å². The smallest absolute Gasteiger partial charge is 0.307 e. The summed E-state index contributed by atoms with van der Waals surface area (Å²) in [5.41, 5.74) is 0. The van der Waals surface area contributed by atoms with Crippen molar-refractivity contribution in [2.24, 2.45) is 23.7 Å². The highest BCUT2D eigenvalue weighted by Crippen LogP contribution is 2.48. The molecule has 20 heavy (non-hydrogen) atoms. The number of carbonyl (C=O) groups excluding carboxylic acids is 1. The highest BCUT2D eigenvalue weighted by molar-refractivity contribution is 5.86. The Hall–Kier alpha value is -1.36. The van der Waals surface area contributed by atoms with Gasteiger partial charge in [0, 0.05) is 13.2 Å². The van der Waals surface area contributed by atoms with E-state index in [1.54, 1.807) is 0 Å². The van der Waals surface area contributed by atoms with Crippen LogP contribution in [0.5, 0.6) is 0 Å². The van der Waals surface area contributed by atoms with Crippen molar-refractivity contribution in [1.82, 2.24) is 5.32 Å². The molecule has 4 atom stereocenters. The van der Waals surface area contributed by atoms with Crippen molar-refractivity contribution in [2.45, 2.75) is 32.8 Å². The lowest BCUT2D eigenvalue weighted by molar-refractivity contribution is -0.147. The van der Waals surface area contributed by atoms with Crippen LogP contribution >= 0.6 is 0 Å². The number of nitrogens with one attached hydrogen (secondary N) is 1. The first-order valence-electron chi connectivity index (χ1n) is 7.31. The third-order valence-electron chi connectivity index (χ3n) is 4.12. The van der Waals surface area contributed by atoms with Gasteiger partial charge >= 0.3 is 5.97 Å². The standard InChI is InChI=1S/C15H23NO4/c1-9(2)20-7-3-6-16-14(17)12-10-4-5-11(8-10)13(12)15(18)19/h4-5,9-13H,3,6-8H2,1-2H3,(H,16,17)(H,18,19). The van der Waals surface area contributed by atoms with Crippen molar-refractivity contribution in [2.75, 3.05) is 13.2 Å². The Kier molecular flexibility index (Phi) is 4.81. The molecule has 0 aromatic carbocycles. The molecule has 2 aliphatic carbocycles. The lowest BCUT2D eigenvalue weighted by Crippen LogP contribution is -2.40. The zero-order chi connectivity index (χ0) is 14.7. The van der Waals surface area contributed by atoms with Crippen LogP contribution in [0.25, 0.3) is 0 Å². The molecule has 0 aliphatic heterocycles. The van der Waals surface area contributed by atoms with Crippen LogP contribution in [0.15, 0.2) is 12.2 Å². The summed E-state index contributed by atoms with van der Waals surface area (Å²) in [6.07, 6.45) is 5.68. The number of amides is 1. The Balaban J connectivity index is 1.80. The van der Waals surface area contributed by atoms with Crippen molar-refractivity contribution in [3.8, 4) is 0 Å². The number of rotatable bonds is 7. The van der Waals surface area contributed by atoms with Crippen LogP contribution in [0.1, 0.15) is 26.7 Å². The van der Waals surface area contributed by atoms with Crippen molar-refractivity contribution in [1.29, 1.82) is 0 Å². The van der Waals surface area contributed by atoms with E-state index in [2.05, 4.69) is 5.32 Å². The molecular formula is C15H23NO4. The molecule has 1 amide bonds. The molecule has 112 valence electrons. The molecule has 1 fully saturated rings. The zero-order valence-corrected chi connectivity index (χ0v) is 12.0. The Bertz CT molecular complexity index is 405. The van der Waals surface area contributed by atoms with Crippen LogP contribution in [0.4, 0.5) is 0 Å². The van der Waals surface area contributed by atoms with Gasteiger partial charge in [-0.2, -0.15) is 0 Å². The van der Waals surface area contributed by atoms with Crippen LogP contribution in [-0.2, 0) is 14.3 Å². The SMILES string of the molecule is CC(C)OCCCNC(=O)C1C2C=CC(C2)C1C(=O)O. The van der Waals surface area contributed by atoms with Gasteiger partial charge in [0.2, 0.25) is 5.91 Å². The van der Waals surface area contributed by atoms with E-state index < -0.39 is 17.8 Å². The first-order chi connectivity index (χ1) is 9.50. The van der Waals surface area contributed by atoms with E-state index in [0.29, 0.717) is 13.2 Å². The molecule has 2 bridgehead atoms. The Morgan fingerprint density at radius 1 is 1.30 bits per heavy atom. The third kappa shape index (κ3) is 3.20. The lowest BCUT2D eigenvalue weighted by Gasteiger charge is -2.23. The quantitative estimate of drug-likeness (QED) is 0.547. The minimum Gasteiger partial charge on any atom is -0.481 e. The molecule has 0 heterocycles. The fraction of sp³-hybridized carbons (Fsp3) is 0.733. The van der Waals surface area contributed by atoms with E-state index in [-0.39, 0.29) is 23.8 Å². The number of fused-ring (bicyclic) bond motifs is 2. The molecule has 5 nitrogen and oxygen atoms in total. The van der Waals surface area contributed by atoms with Crippen LogP contribution in [0, 0.1) is 23.7 Å². The normalized spacial score (nSPS) is 30.9. The first kappa shape index (κ1) is 15.0. The fourth-order valence-electron chi connectivity index (χ4n) is 3.24. The summed E-state index contributed by atoms with van der Waals surface area (Å²) < 4.78 is 5.40. The molecule has 2 aliphatic rings. The number of ether oxygens (including phenoxy) is 1. The second-order valence-corrected chi connectivity index (χ2v) is 5.90. The van der Waals surface area contributed by atoms with Gasteiger partial charge < -0.3 is 15.2 Å². The monoisotopic (exact) mass is 281 g/mol. The molecule has 5 heteroatoms. The number of aliphatic carboxylic acids is 1. The molecule has 0 aromatic heterocycles. The Morgan fingerprint density at radius 3 is 2.55 bits per heavy atom. The highest BCUT2D eigenvalue weighted by Gasteiger charge is 2.51. The van der Waals surface area contributed by atoms with E-state index in [9.17, 15) is 14.7 Å². The van der Waals surface area contributed by atoms with Crippen LogP contribution < -0.4 is 5.32 Å². The van der Waals surface area contributed by atoms with Gasteiger partial charge in [0.25, 0.3) is 0 Å². The van der Waals surface area contributed by atoms with E-state index in [4.69, 9.17) is 4.74 Å². The number of carboxylic acid groups (broad SMARTS) is 1. The topological polar surface area (TPSA) is 75.6 Å². The minimum absolute atomic E-state index is 0.0255. The van der Waals surface area contributed by atoms with E-state index in [0.717, 1.165) is 12.8 Å². The molecule has 2 rings (SSSR count). The van der Waals surface area contributed by atoms with Gasteiger partial charge in [-0.25, -0.2) is 0 Å². The minimum atomic E-state index is -0.856.